The third-order valence-electron chi connectivity index (χ3n) is 3.11. The molecule has 0 aliphatic rings. The third-order valence-corrected chi connectivity index (χ3v) is 3.11. The maximum Gasteiger partial charge on any atom is 0.319 e. The van der Waals surface area contributed by atoms with E-state index in [0.29, 0.717) is 18.0 Å². The predicted octanol–water partition coefficient (Wildman–Crippen LogP) is 1.87. The lowest BCUT2D eigenvalue weighted by atomic mass is 10.3. The summed E-state index contributed by atoms with van der Waals surface area (Å²) in [7, 11) is 3.32. The van der Waals surface area contributed by atoms with Crippen LogP contribution in [0.3, 0.4) is 0 Å². The molecule has 1 aromatic heterocycles. The molecule has 0 saturated carbocycles. The summed E-state index contributed by atoms with van der Waals surface area (Å²) >= 11 is 0. The topological polar surface area (TPSA) is 83.6 Å². The number of hydrogen-bond donors (Lipinski definition) is 2. The molecule has 2 aromatic rings. The van der Waals surface area contributed by atoms with Gasteiger partial charge in [0.05, 0.1) is 12.2 Å². The maximum atomic E-state index is 11.9. The maximum absolute atomic E-state index is 11.9. The minimum absolute atomic E-state index is 0.0532. The van der Waals surface area contributed by atoms with Crippen molar-refractivity contribution in [2.75, 3.05) is 26.0 Å². The van der Waals surface area contributed by atoms with Gasteiger partial charge in [0.2, 0.25) is 0 Å². The van der Waals surface area contributed by atoms with Crippen molar-refractivity contribution in [2.45, 2.75) is 6.54 Å². The number of anilines is 1. The summed E-state index contributed by atoms with van der Waals surface area (Å²) in [6.45, 7) is 0.280. The number of amides is 3. The van der Waals surface area contributed by atoms with Gasteiger partial charge in [-0.2, -0.15) is 0 Å². The van der Waals surface area contributed by atoms with Crippen molar-refractivity contribution in [3.63, 3.8) is 0 Å². The number of ether oxygens (including phenoxy) is 1. The number of rotatable bonds is 6. The molecule has 2 N–H and O–H groups in total. The van der Waals surface area contributed by atoms with Crippen LogP contribution in [0.4, 0.5) is 10.5 Å². The number of carbonyl (C=O) groups excluding carboxylic acids is 2. The Balaban J connectivity index is 1.84. The van der Waals surface area contributed by atoms with E-state index >= 15 is 0 Å². The summed E-state index contributed by atoms with van der Waals surface area (Å²) in [6, 6.07) is 12.0. The van der Waals surface area contributed by atoms with Gasteiger partial charge in [0, 0.05) is 32.0 Å². The molecule has 126 valence electrons. The first-order valence-electron chi connectivity index (χ1n) is 7.42. The van der Waals surface area contributed by atoms with Gasteiger partial charge in [0.15, 0.2) is 6.61 Å². The highest BCUT2D eigenvalue weighted by atomic mass is 16.5. The molecule has 0 spiro atoms. The third kappa shape index (κ3) is 5.60. The second-order valence-electron chi connectivity index (χ2n) is 5.23. The van der Waals surface area contributed by atoms with Crippen molar-refractivity contribution in [2.24, 2.45) is 0 Å². The Bertz CT molecular complexity index is 689. The second kappa shape index (κ2) is 8.52. The van der Waals surface area contributed by atoms with E-state index in [1.807, 2.05) is 18.2 Å². The highest BCUT2D eigenvalue weighted by Gasteiger charge is 2.06. The molecule has 0 saturated heterocycles. The van der Waals surface area contributed by atoms with Crippen LogP contribution in [0.5, 0.6) is 5.75 Å². The van der Waals surface area contributed by atoms with Gasteiger partial charge in [-0.1, -0.05) is 12.1 Å². The number of aromatic nitrogens is 1. The lowest BCUT2D eigenvalue weighted by Gasteiger charge is -2.12. The van der Waals surface area contributed by atoms with E-state index < -0.39 is 0 Å². The predicted molar refractivity (Wildman–Crippen MR) is 90.7 cm³/mol. The van der Waals surface area contributed by atoms with Crippen LogP contribution in [0.2, 0.25) is 0 Å². The molecule has 0 aliphatic heterocycles. The number of urea groups is 1. The number of carbonyl (C=O) groups is 2. The Morgan fingerprint density at radius 3 is 2.71 bits per heavy atom. The molecule has 0 fully saturated rings. The van der Waals surface area contributed by atoms with Crippen LogP contribution in [0.25, 0.3) is 0 Å². The highest BCUT2D eigenvalue weighted by molar-refractivity contribution is 5.89. The Kier molecular flexibility index (Phi) is 6.13. The average Bonchev–Trinajstić information content (AvgIpc) is 2.59. The molecule has 0 radical (unpaired) electrons. The number of nitrogens with one attached hydrogen (secondary N) is 2. The van der Waals surface area contributed by atoms with Crippen LogP contribution in [-0.4, -0.2) is 42.5 Å². The molecule has 2 rings (SSSR count). The van der Waals surface area contributed by atoms with Crippen LogP contribution in [-0.2, 0) is 11.3 Å². The van der Waals surface area contributed by atoms with E-state index in [4.69, 9.17) is 4.74 Å². The van der Waals surface area contributed by atoms with E-state index in [1.54, 1.807) is 44.6 Å². The van der Waals surface area contributed by atoms with Gasteiger partial charge >= 0.3 is 6.03 Å². The minimum atomic E-state index is -0.345. The summed E-state index contributed by atoms with van der Waals surface area (Å²) in [5.41, 5.74) is 1.34. The quantitative estimate of drug-likeness (QED) is 0.848. The fourth-order valence-electron chi connectivity index (χ4n) is 1.79. The van der Waals surface area contributed by atoms with Crippen LogP contribution >= 0.6 is 0 Å². The summed E-state index contributed by atoms with van der Waals surface area (Å²) in [6.07, 6.45) is 1.67. The Hall–Kier alpha value is -3.09. The fourth-order valence-corrected chi connectivity index (χ4v) is 1.79. The number of nitrogens with zero attached hydrogens (tertiary/aromatic N) is 2. The van der Waals surface area contributed by atoms with E-state index in [1.165, 1.54) is 4.90 Å². The number of likely N-dealkylation sites (N-methyl/N-ethyl adjacent to an activating group) is 1. The standard InChI is InChI=1S/C17H20N4O3/c1-21(2)16(22)12-24-15-8-5-7-13(10-15)20-17(23)19-11-14-6-3-4-9-18-14/h3-10H,11-12H2,1-2H3,(H2,19,20,23). The molecule has 0 bridgehead atoms. The van der Waals surface area contributed by atoms with Crippen molar-refractivity contribution in [3.05, 3.63) is 54.4 Å². The Morgan fingerprint density at radius 1 is 1.17 bits per heavy atom. The van der Waals surface area contributed by atoms with Gasteiger partial charge in [0.1, 0.15) is 5.75 Å². The van der Waals surface area contributed by atoms with Crippen molar-refractivity contribution in [1.82, 2.24) is 15.2 Å². The molecule has 1 aromatic carbocycles. The Labute approximate surface area is 140 Å². The summed E-state index contributed by atoms with van der Waals surface area (Å²) in [5, 5.41) is 5.43. The van der Waals surface area contributed by atoms with Gasteiger partial charge < -0.3 is 20.3 Å². The molecule has 7 nitrogen and oxygen atoms in total. The lowest BCUT2D eigenvalue weighted by molar-refractivity contribution is -0.130. The molecule has 0 unspecified atom stereocenters. The fraction of sp³-hybridized carbons (Fsp3) is 0.235. The van der Waals surface area contributed by atoms with Crippen LogP contribution in [0.15, 0.2) is 48.7 Å². The molecular formula is C17H20N4O3. The smallest absolute Gasteiger partial charge is 0.319 e. The van der Waals surface area contributed by atoms with Crippen molar-refractivity contribution < 1.29 is 14.3 Å². The molecule has 3 amide bonds. The molecule has 7 heteroatoms. The zero-order valence-corrected chi connectivity index (χ0v) is 13.7. The second-order valence-corrected chi connectivity index (χ2v) is 5.23. The van der Waals surface area contributed by atoms with Crippen LogP contribution in [0.1, 0.15) is 5.69 Å². The molecule has 0 atom stereocenters. The molecule has 1 heterocycles. The summed E-state index contributed by atoms with van der Waals surface area (Å²) in [4.78, 5) is 29.0. The largest absolute Gasteiger partial charge is 0.484 e. The first kappa shape index (κ1) is 17.3. The normalized spacial score (nSPS) is 9.92. The van der Waals surface area contributed by atoms with E-state index in [9.17, 15) is 9.59 Å². The van der Waals surface area contributed by atoms with E-state index in [2.05, 4.69) is 15.6 Å². The zero-order valence-electron chi connectivity index (χ0n) is 13.7. The molecular weight excluding hydrogens is 308 g/mol. The van der Waals surface area contributed by atoms with E-state index in [0.717, 1.165) is 5.69 Å². The number of benzene rings is 1. The van der Waals surface area contributed by atoms with Gasteiger partial charge in [-0.25, -0.2) is 4.79 Å². The zero-order chi connectivity index (χ0) is 17.4. The van der Waals surface area contributed by atoms with Gasteiger partial charge in [-0.3, -0.25) is 9.78 Å². The first-order valence-corrected chi connectivity index (χ1v) is 7.42. The Morgan fingerprint density at radius 2 is 2.00 bits per heavy atom. The van der Waals surface area contributed by atoms with Crippen molar-refractivity contribution in [1.29, 1.82) is 0 Å². The number of hydrogen-bond acceptors (Lipinski definition) is 4. The van der Waals surface area contributed by atoms with Crippen molar-refractivity contribution >= 4 is 17.6 Å². The average molecular weight is 328 g/mol. The lowest BCUT2D eigenvalue weighted by Crippen LogP contribution is -2.28. The molecule has 0 aliphatic carbocycles. The van der Waals surface area contributed by atoms with Crippen molar-refractivity contribution in [3.8, 4) is 5.75 Å². The summed E-state index contributed by atoms with van der Waals surface area (Å²) in [5.74, 6) is 0.370. The van der Waals surface area contributed by atoms with Crippen LogP contribution in [0, 0.1) is 0 Å². The minimum Gasteiger partial charge on any atom is -0.484 e. The van der Waals surface area contributed by atoms with Gasteiger partial charge in [-0.15, -0.1) is 0 Å². The number of pyridine rings is 1. The molecule has 24 heavy (non-hydrogen) atoms. The van der Waals surface area contributed by atoms with Gasteiger partial charge in [-0.05, 0) is 24.3 Å². The van der Waals surface area contributed by atoms with E-state index in [-0.39, 0.29) is 18.5 Å². The highest BCUT2D eigenvalue weighted by Crippen LogP contribution is 2.17. The monoisotopic (exact) mass is 328 g/mol. The summed E-state index contributed by atoms with van der Waals surface area (Å²) < 4.78 is 5.41. The SMILES string of the molecule is CN(C)C(=O)COc1cccc(NC(=O)NCc2ccccn2)c1. The van der Waals surface area contributed by atoms with Crippen LogP contribution < -0.4 is 15.4 Å². The first-order chi connectivity index (χ1) is 11.5. The van der Waals surface area contributed by atoms with Gasteiger partial charge in [0.25, 0.3) is 5.91 Å².